The van der Waals surface area contributed by atoms with Gasteiger partial charge in [0.2, 0.25) is 5.91 Å². The van der Waals surface area contributed by atoms with E-state index in [1.807, 2.05) is 6.08 Å². The van der Waals surface area contributed by atoms with E-state index < -0.39 is 12.1 Å². The molecule has 0 spiro atoms. The lowest BCUT2D eigenvalue weighted by molar-refractivity contribution is -0.123. The summed E-state index contributed by atoms with van der Waals surface area (Å²) in [5.41, 5.74) is 0. The fourth-order valence-electron chi connectivity index (χ4n) is 7.10. The van der Waals surface area contributed by atoms with Crippen LogP contribution in [0, 0.1) is 0 Å². The molecule has 5 heteroatoms. The Morgan fingerprint density at radius 3 is 1.14 bits per heavy atom. The Kier molecular flexibility index (Phi) is 41.7. The average molecular weight is 708 g/mol. The third-order valence-electron chi connectivity index (χ3n) is 10.6. The maximum absolute atomic E-state index is 12.4. The van der Waals surface area contributed by atoms with E-state index in [0.29, 0.717) is 13.0 Å². The lowest BCUT2D eigenvalue weighted by atomic mass is 10.0. The molecule has 50 heavy (non-hydrogen) atoms. The quantitative estimate of drug-likeness (QED) is 0.0375. The highest BCUT2D eigenvalue weighted by atomic mass is 16.3. The first kappa shape index (κ1) is 49.1. The van der Waals surface area contributed by atoms with Crippen molar-refractivity contribution in [1.82, 2.24) is 5.32 Å². The van der Waals surface area contributed by atoms with Gasteiger partial charge in [-0.1, -0.05) is 225 Å². The molecule has 2 atom stereocenters. The predicted molar refractivity (Wildman–Crippen MR) is 218 cm³/mol. The molecule has 0 aliphatic carbocycles. The van der Waals surface area contributed by atoms with Crippen molar-refractivity contribution in [1.29, 1.82) is 0 Å². The topological polar surface area (TPSA) is 89.8 Å². The molecular weight excluding hydrogens is 618 g/mol. The van der Waals surface area contributed by atoms with E-state index in [1.165, 1.54) is 199 Å². The number of carbonyl (C=O) groups excluding carboxylic acids is 1. The second kappa shape index (κ2) is 42.5. The Labute approximate surface area is 312 Å². The van der Waals surface area contributed by atoms with E-state index in [0.717, 1.165) is 32.1 Å². The van der Waals surface area contributed by atoms with E-state index in [9.17, 15) is 15.0 Å². The first-order chi connectivity index (χ1) is 24.7. The first-order valence-electron chi connectivity index (χ1n) is 22.5. The lowest BCUT2D eigenvalue weighted by Crippen LogP contribution is -2.45. The summed E-state index contributed by atoms with van der Waals surface area (Å²) in [4.78, 5) is 12.4. The van der Waals surface area contributed by atoms with Gasteiger partial charge >= 0.3 is 0 Å². The minimum Gasteiger partial charge on any atom is -0.396 e. The van der Waals surface area contributed by atoms with Gasteiger partial charge in [0.1, 0.15) is 0 Å². The largest absolute Gasteiger partial charge is 0.396 e. The number of unbranched alkanes of at least 4 members (excludes halogenated alkanes) is 34. The summed E-state index contributed by atoms with van der Waals surface area (Å²) in [6.07, 6.45) is 50.5. The van der Waals surface area contributed by atoms with Crippen molar-refractivity contribution < 1.29 is 20.1 Å². The summed E-state index contributed by atoms with van der Waals surface area (Å²) in [5.74, 6) is -0.0644. The van der Waals surface area contributed by atoms with Gasteiger partial charge in [0, 0.05) is 13.0 Å². The van der Waals surface area contributed by atoms with Crippen molar-refractivity contribution >= 4 is 5.91 Å². The third kappa shape index (κ3) is 38.3. The first-order valence-corrected chi connectivity index (χ1v) is 22.5. The molecule has 0 saturated heterocycles. The summed E-state index contributed by atoms with van der Waals surface area (Å²) in [7, 11) is 0. The van der Waals surface area contributed by atoms with Crippen LogP contribution in [0.15, 0.2) is 12.2 Å². The number of aliphatic hydroxyl groups is 3. The Morgan fingerprint density at radius 2 is 0.800 bits per heavy atom. The highest BCUT2D eigenvalue weighted by Crippen LogP contribution is 2.16. The zero-order chi connectivity index (χ0) is 36.4. The molecule has 1 amide bonds. The van der Waals surface area contributed by atoms with E-state index in [1.54, 1.807) is 6.08 Å². The normalized spacial score (nSPS) is 13.0. The van der Waals surface area contributed by atoms with Gasteiger partial charge in [0.25, 0.3) is 0 Å². The molecule has 0 rings (SSSR count). The van der Waals surface area contributed by atoms with Gasteiger partial charge in [-0.2, -0.15) is 0 Å². The van der Waals surface area contributed by atoms with Crippen LogP contribution in [0.4, 0.5) is 0 Å². The summed E-state index contributed by atoms with van der Waals surface area (Å²) in [6, 6.07) is -0.620. The molecule has 0 heterocycles. The lowest BCUT2D eigenvalue weighted by Gasteiger charge is -2.20. The van der Waals surface area contributed by atoms with Gasteiger partial charge in [-0.15, -0.1) is 0 Å². The van der Waals surface area contributed by atoms with Gasteiger partial charge in [0.15, 0.2) is 0 Å². The summed E-state index contributed by atoms with van der Waals surface area (Å²) in [6.45, 7) is 2.38. The molecule has 0 unspecified atom stereocenters. The van der Waals surface area contributed by atoms with Crippen LogP contribution >= 0.6 is 0 Å². The van der Waals surface area contributed by atoms with Crippen LogP contribution in [-0.4, -0.2) is 46.6 Å². The van der Waals surface area contributed by atoms with Crippen LogP contribution in [0.3, 0.4) is 0 Å². The smallest absolute Gasteiger partial charge is 0.220 e. The molecular formula is C45H89NO4. The van der Waals surface area contributed by atoms with E-state index in [-0.39, 0.29) is 12.5 Å². The molecule has 0 aromatic rings. The zero-order valence-corrected chi connectivity index (χ0v) is 33.6. The molecule has 0 bridgehead atoms. The number of aliphatic hydroxyl groups excluding tert-OH is 3. The van der Waals surface area contributed by atoms with Crippen molar-refractivity contribution in [3.63, 3.8) is 0 Å². The summed E-state index contributed by atoms with van der Waals surface area (Å²) < 4.78 is 0. The number of hydrogen-bond acceptors (Lipinski definition) is 4. The Morgan fingerprint density at radius 1 is 0.480 bits per heavy atom. The molecule has 0 aromatic heterocycles. The minimum absolute atomic E-state index is 0.0644. The summed E-state index contributed by atoms with van der Waals surface area (Å²) in [5, 5.41) is 31.8. The van der Waals surface area contributed by atoms with Crippen LogP contribution < -0.4 is 5.32 Å². The van der Waals surface area contributed by atoms with Crippen molar-refractivity contribution in [2.24, 2.45) is 0 Å². The monoisotopic (exact) mass is 708 g/mol. The molecule has 4 N–H and O–H groups in total. The van der Waals surface area contributed by atoms with Crippen molar-refractivity contribution in [2.75, 3.05) is 13.2 Å². The fraction of sp³-hybridized carbons (Fsp3) is 0.933. The van der Waals surface area contributed by atoms with Crippen LogP contribution in [0.1, 0.15) is 244 Å². The van der Waals surface area contributed by atoms with Gasteiger partial charge in [-0.25, -0.2) is 0 Å². The third-order valence-corrected chi connectivity index (χ3v) is 10.6. The number of amides is 1. The van der Waals surface area contributed by atoms with Crippen LogP contribution in [-0.2, 0) is 4.79 Å². The molecule has 0 aliphatic rings. The number of allylic oxidation sites excluding steroid dienone is 1. The summed E-state index contributed by atoms with van der Waals surface area (Å²) >= 11 is 0. The second-order valence-corrected chi connectivity index (χ2v) is 15.6. The number of rotatable bonds is 42. The van der Waals surface area contributed by atoms with Gasteiger partial charge in [0.05, 0.1) is 18.8 Å². The molecule has 0 radical (unpaired) electrons. The van der Waals surface area contributed by atoms with E-state index in [2.05, 4.69) is 12.2 Å². The molecule has 0 saturated carbocycles. The van der Waals surface area contributed by atoms with Crippen LogP contribution in [0.2, 0.25) is 0 Å². The second-order valence-electron chi connectivity index (χ2n) is 15.6. The van der Waals surface area contributed by atoms with E-state index >= 15 is 0 Å². The molecule has 298 valence electrons. The standard InChI is InChI=1S/C45H89NO4/c1-2-3-4-5-6-7-8-21-24-27-30-33-36-39-44(49)43(42-48)46-45(50)40-37-34-31-28-25-22-19-17-15-13-11-9-10-12-14-16-18-20-23-26-29-32-35-38-41-47/h36,39,43-44,47-49H,2-35,37-38,40-42H2,1H3,(H,46,50)/b39-36+/t43-,44+/m0/s1. The number of carbonyl (C=O) groups is 1. The highest BCUT2D eigenvalue weighted by Gasteiger charge is 2.17. The van der Waals surface area contributed by atoms with Crippen molar-refractivity contribution in [3.8, 4) is 0 Å². The fourth-order valence-corrected chi connectivity index (χ4v) is 7.10. The predicted octanol–water partition coefficient (Wildman–Crippen LogP) is 12.8. The molecule has 0 aromatic carbocycles. The number of nitrogens with one attached hydrogen (secondary N) is 1. The Hall–Kier alpha value is -0.910. The van der Waals surface area contributed by atoms with E-state index in [4.69, 9.17) is 5.11 Å². The zero-order valence-electron chi connectivity index (χ0n) is 33.6. The van der Waals surface area contributed by atoms with Crippen LogP contribution in [0.25, 0.3) is 0 Å². The van der Waals surface area contributed by atoms with Crippen molar-refractivity contribution in [2.45, 2.75) is 257 Å². The average Bonchev–Trinajstić information content (AvgIpc) is 3.12. The van der Waals surface area contributed by atoms with Crippen molar-refractivity contribution in [3.05, 3.63) is 12.2 Å². The van der Waals surface area contributed by atoms with Crippen LogP contribution in [0.5, 0.6) is 0 Å². The maximum Gasteiger partial charge on any atom is 0.220 e. The van der Waals surface area contributed by atoms with Gasteiger partial charge in [-0.05, 0) is 25.7 Å². The van der Waals surface area contributed by atoms with Gasteiger partial charge in [-0.3, -0.25) is 4.79 Å². The highest BCUT2D eigenvalue weighted by molar-refractivity contribution is 5.76. The Bertz CT molecular complexity index is 684. The Balaban J connectivity index is 3.46. The SMILES string of the molecule is CCCCCCCCCCCCC/C=C/[C@@H](O)[C@H](CO)NC(=O)CCCCCCCCCCCCCCCCCCCCCCCCCCO. The number of hydrogen-bond donors (Lipinski definition) is 4. The van der Waals surface area contributed by atoms with Gasteiger partial charge < -0.3 is 20.6 Å². The maximum atomic E-state index is 12.4. The minimum atomic E-state index is -0.837. The molecule has 0 fully saturated rings. The molecule has 5 nitrogen and oxygen atoms in total. The molecule has 0 aliphatic heterocycles.